The van der Waals surface area contributed by atoms with Gasteiger partial charge in [-0.1, -0.05) is 71.0 Å². The zero-order valence-corrected chi connectivity index (χ0v) is 24.0. The van der Waals surface area contributed by atoms with Gasteiger partial charge in [-0.3, -0.25) is 9.36 Å². The Labute approximate surface area is 220 Å². The van der Waals surface area contributed by atoms with Crippen LogP contribution in [0.15, 0.2) is 60.7 Å². The fourth-order valence-corrected chi connectivity index (χ4v) is 14.0. The highest BCUT2D eigenvalue weighted by Gasteiger charge is 2.75. The molecule has 2 aromatic carbocycles. The molecule has 2 saturated carbocycles. The van der Waals surface area contributed by atoms with E-state index >= 15 is 4.57 Å². The van der Waals surface area contributed by atoms with Crippen molar-refractivity contribution in [2.75, 3.05) is 5.75 Å². The van der Waals surface area contributed by atoms with Gasteiger partial charge in [0, 0.05) is 22.1 Å². The summed E-state index contributed by atoms with van der Waals surface area (Å²) in [5.41, 5.74) is -0.879. The highest BCUT2D eigenvalue weighted by Crippen LogP contribution is 2.71. The number of benzene rings is 2. The van der Waals surface area contributed by atoms with Gasteiger partial charge in [0.2, 0.25) is 17.3 Å². The monoisotopic (exact) mass is 540 g/mol. The van der Waals surface area contributed by atoms with Crippen LogP contribution in [0, 0.1) is 22.2 Å². The minimum atomic E-state index is -3.77. The van der Waals surface area contributed by atoms with Gasteiger partial charge in [-0.2, -0.15) is 0 Å². The first kappa shape index (κ1) is 25.3. The molecular weight excluding hydrogens is 503 g/mol. The van der Waals surface area contributed by atoms with Crippen molar-refractivity contribution in [3.8, 4) is 0 Å². The molecule has 2 heterocycles. The van der Waals surface area contributed by atoms with Gasteiger partial charge in [0.1, 0.15) is 6.04 Å². The Morgan fingerprint density at radius 3 is 2.00 bits per heavy atom. The first-order valence-corrected chi connectivity index (χ1v) is 16.6. The average Bonchev–Trinajstić information content (AvgIpc) is 3.46. The van der Waals surface area contributed by atoms with Gasteiger partial charge in [-0.15, -0.1) is 0 Å². The largest absolute Gasteiger partial charge is 0.296 e. The van der Waals surface area contributed by atoms with Crippen molar-refractivity contribution in [3.05, 3.63) is 60.7 Å². The maximum atomic E-state index is 15.2. The van der Waals surface area contributed by atoms with Gasteiger partial charge in [0.05, 0.1) is 11.8 Å². The lowest BCUT2D eigenvalue weighted by Gasteiger charge is -2.37. The van der Waals surface area contributed by atoms with Crippen LogP contribution < -0.4 is 10.6 Å². The van der Waals surface area contributed by atoms with Crippen LogP contribution in [-0.4, -0.2) is 47.2 Å². The lowest BCUT2D eigenvalue weighted by atomic mass is 9.69. The average molecular weight is 541 g/mol. The van der Waals surface area contributed by atoms with E-state index in [2.05, 4.69) is 13.8 Å². The molecule has 1 amide bonds. The molecule has 2 bridgehead atoms. The predicted molar refractivity (Wildman–Crippen MR) is 147 cm³/mol. The van der Waals surface area contributed by atoms with Crippen LogP contribution in [0.1, 0.15) is 53.9 Å². The first-order chi connectivity index (χ1) is 17.3. The topological polar surface area (TPSA) is 74.5 Å². The summed E-state index contributed by atoms with van der Waals surface area (Å²) in [7, 11) is -7.17. The molecule has 198 valence electrons. The number of nitrogens with zero attached hydrogens (tertiary/aromatic N) is 2. The minimum Gasteiger partial charge on any atom is -0.296 e. The van der Waals surface area contributed by atoms with Crippen LogP contribution in [0.5, 0.6) is 0 Å². The molecule has 37 heavy (non-hydrogen) atoms. The number of hydrogen-bond acceptors (Lipinski definition) is 4. The van der Waals surface area contributed by atoms with Crippen LogP contribution in [0.3, 0.4) is 0 Å². The molecule has 2 saturated heterocycles. The van der Waals surface area contributed by atoms with Gasteiger partial charge >= 0.3 is 0 Å². The first-order valence-electron chi connectivity index (χ1n) is 13.3. The van der Waals surface area contributed by atoms with Gasteiger partial charge < -0.3 is 0 Å². The third-order valence-corrected chi connectivity index (χ3v) is 15.1. The Morgan fingerprint density at radius 1 is 0.973 bits per heavy atom. The second kappa shape index (κ2) is 7.80. The maximum Gasteiger partial charge on any atom is 0.255 e. The summed E-state index contributed by atoms with van der Waals surface area (Å²) in [6.07, 6.45) is 2.61. The van der Waals surface area contributed by atoms with Gasteiger partial charge in [-0.05, 0) is 60.3 Å². The van der Waals surface area contributed by atoms with Crippen molar-refractivity contribution in [2.24, 2.45) is 22.2 Å². The molecule has 0 aromatic heterocycles. The molecule has 2 aromatic rings. The maximum absolute atomic E-state index is 15.2. The van der Waals surface area contributed by atoms with Crippen LogP contribution in [-0.2, 0) is 19.4 Å². The van der Waals surface area contributed by atoms with Crippen LogP contribution in [0.2, 0.25) is 0 Å². The quantitative estimate of drug-likeness (QED) is 0.425. The number of rotatable bonds is 4. The summed E-state index contributed by atoms with van der Waals surface area (Å²) in [5.74, 6) is 0.0796. The molecule has 4 aliphatic rings. The van der Waals surface area contributed by atoms with Crippen LogP contribution in [0.4, 0.5) is 0 Å². The Hall–Kier alpha value is -1.95. The van der Waals surface area contributed by atoms with E-state index in [-0.39, 0.29) is 34.1 Å². The standard InChI is InChI=1S/C29H37N2O4PS/c1-27(2,3)25-24(30(25)36(33,21-12-8-6-9-13-21)22-14-10-7-11-15-22)26(32)31-23-18-20-16-17-29(23,28(20,4)5)19-37(31,34)35/h6-15,20,23-25H,16-19H2,1-5H3/t20-,23-,24-,25+,29-,30?/m1/s1. The van der Waals surface area contributed by atoms with Crippen LogP contribution >= 0.6 is 7.29 Å². The van der Waals surface area contributed by atoms with Gasteiger partial charge in [-0.25, -0.2) is 17.4 Å². The summed E-state index contributed by atoms with van der Waals surface area (Å²) in [6.45, 7) is 10.5. The zero-order chi connectivity index (χ0) is 26.6. The van der Waals surface area contributed by atoms with E-state index in [4.69, 9.17) is 0 Å². The molecule has 2 aliphatic carbocycles. The van der Waals surface area contributed by atoms with Crippen molar-refractivity contribution in [1.82, 2.24) is 8.98 Å². The van der Waals surface area contributed by atoms with Crippen molar-refractivity contribution in [2.45, 2.75) is 72.0 Å². The summed E-state index contributed by atoms with van der Waals surface area (Å²) in [5, 5.41) is 1.32. The summed E-state index contributed by atoms with van der Waals surface area (Å²) >= 11 is 0. The molecule has 0 N–H and O–H groups in total. The number of fused-ring (bicyclic) bond motifs is 1. The minimum absolute atomic E-state index is 0.0435. The number of carbonyl (C=O) groups is 1. The van der Waals surface area contributed by atoms with E-state index in [1.54, 1.807) is 0 Å². The van der Waals surface area contributed by atoms with Crippen molar-refractivity contribution >= 4 is 33.8 Å². The Bertz CT molecular complexity index is 1360. The third-order valence-electron chi connectivity index (χ3n) is 10.1. The molecule has 0 radical (unpaired) electrons. The van der Waals surface area contributed by atoms with E-state index < -0.39 is 29.3 Å². The molecule has 6 atom stereocenters. The second-order valence-corrected chi connectivity index (χ2v) is 17.6. The molecule has 4 fully saturated rings. The van der Waals surface area contributed by atoms with E-state index in [1.165, 1.54) is 4.31 Å². The van der Waals surface area contributed by atoms with E-state index in [1.807, 2.05) is 86.1 Å². The highest BCUT2D eigenvalue weighted by molar-refractivity contribution is 7.90. The lowest BCUT2D eigenvalue weighted by molar-refractivity contribution is -0.129. The molecule has 6 rings (SSSR count). The molecule has 1 spiro atoms. The fraction of sp³-hybridized carbons (Fsp3) is 0.552. The number of hydrogen-bond donors (Lipinski definition) is 0. The lowest BCUT2D eigenvalue weighted by Crippen LogP contribution is -2.46. The van der Waals surface area contributed by atoms with E-state index in [9.17, 15) is 13.2 Å². The van der Waals surface area contributed by atoms with Crippen molar-refractivity contribution in [3.63, 3.8) is 0 Å². The highest BCUT2D eigenvalue weighted by atomic mass is 32.2. The smallest absolute Gasteiger partial charge is 0.255 e. The Morgan fingerprint density at radius 2 is 1.51 bits per heavy atom. The van der Waals surface area contributed by atoms with Crippen molar-refractivity contribution < 1.29 is 17.8 Å². The fourth-order valence-electron chi connectivity index (χ4n) is 8.07. The van der Waals surface area contributed by atoms with E-state index in [0.29, 0.717) is 16.5 Å². The summed E-state index contributed by atoms with van der Waals surface area (Å²) in [4.78, 5) is 14.4. The van der Waals surface area contributed by atoms with E-state index in [0.717, 1.165) is 19.3 Å². The molecular formula is C29H37N2O4PS. The number of sulfonamides is 1. The zero-order valence-electron chi connectivity index (χ0n) is 22.3. The Balaban J connectivity index is 1.46. The van der Waals surface area contributed by atoms with Gasteiger partial charge in [0.15, 0.2) is 0 Å². The third kappa shape index (κ3) is 3.29. The van der Waals surface area contributed by atoms with Gasteiger partial charge in [0.25, 0.3) is 5.91 Å². The van der Waals surface area contributed by atoms with Crippen molar-refractivity contribution in [1.29, 1.82) is 0 Å². The van der Waals surface area contributed by atoms with Crippen LogP contribution in [0.25, 0.3) is 0 Å². The SMILES string of the molecule is CC(C)(C)[C@@H]1[C@H](C(=O)N2[C@@H]3C[C@H]4CC[C@]3(CS2(=O)=O)C4(C)C)N1P(=O)(c1ccccc1)c1ccccc1. The predicted octanol–water partition coefficient (Wildman–Crippen LogP) is 4.38. The summed E-state index contributed by atoms with van der Waals surface area (Å²) < 4.78 is 45.7. The molecule has 6 nitrogen and oxygen atoms in total. The molecule has 1 unspecified atom stereocenters. The second-order valence-electron chi connectivity index (χ2n) is 13.1. The normalized spacial score (nSPS) is 35.4. The number of carbonyl (C=O) groups excluding carboxylic acids is 1. The molecule has 2 aliphatic heterocycles. The molecule has 8 heteroatoms. The Kier molecular flexibility index (Phi) is 5.34. The summed E-state index contributed by atoms with van der Waals surface area (Å²) in [6, 6.07) is 17.3. The number of amides is 1.